The van der Waals surface area contributed by atoms with Crippen LogP contribution in [0.1, 0.15) is 25.2 Å². The summed E-state index contributed by atoms with van der Waals surface area (Å²) in [5.41, 5.74) is 1.97. The zero-order chi connectivity index (χ0) is 14.4. The van der Waals surface area contributed by atoms with Crippen LogP contribution in [0.4, 0.5) is 0 Å². The predicted octanol–water partition coefficient (Wildman–Crippen LogP) is 1.87. The van der Waals surface area contributed by atoms with Crippen molar-refractivity contribution < 1.29 is 9.47 Å². The average molecular weight is 290 g/mol. The summed E-state index contributed by atoms with van der Waals surface area (Å²) in [5, 5.41) is 8.49. The van der Waals surface area contributed by atoms with E-state index in [1.807, 2.05) is 11.7 Å². The molecule has 1 N–H and O–H groups in total. The van der Waals surface area contributed by atoms with Gasteiger partial charge in [-0.3, -0.25) is 4.68 Å². The molecule has 110 valence electrons. The molecule has 0 radical (unpaired) electrons. The second-order valence-electron chi connectivity index (χ2n) is 4.32. The van der Waals surface area contributed by atoms with Crippen LogP contribution in [-0.4, -0.2) is 43.4 Å². The van der Waals surface area contributed by atoms with Crippen molar-refractivity contribution >= 4 is 11.6 Å². The van der Waals surface area contributed by atoms with E-state index < -0.39 is 0 Å². The van der Waals surface area contributed by atoms with Crippen LogP contribution in [0.25, 0.3) is 0 Å². The van der Waals surface area contributed by atoms with Crippen LogP contribution < -0.4 is 5.32 Å². The third-order valence-electron chi connectivity index (χ3n) is 3.27. The molecule has 0 aliphatic rings. The van der Waals surface area contributed by atoms with Crippen molar-refractivity contribution in [2.24, 2.45) is 0 Å². The molecular weight excluding hydrogens is 266 g/mol. The summed E-state index contributed by atoms with van der Waals surface area (Å²) in [7, 11) is 5.15. The fraction of sp³-hybridized carbons (Fsp3) is 0.769. The highest BCUT2D eigenvalue weighted by Gasteiger charge is 2.24. The van der Waals surface area contributed by atoms with E-state index in [4.69, 9.17) is 21.1 Å². The van der Waals surface area contributed by atoms with E-state index in [-0.39, 0.29) is 12.3 Å². The lowest BCUT2D eigenvalue weighted by Gasteiger charge is -2.24. The highest BCUT2D eigenvalue weighted by atomic mass is 35.5. The summed E-state index contributed by atoms with van der Waals surface area (Å²) in [6, 6.07) is 0.0270. The quantitative estimate of drug-likeness (QED) is 0.742. The number of rotatable bonds is 8. The first-order chi connectivity index (χ1) is 9.12. The summed E-state index contributed by atoms with van der Waals surface area (Å²) in [6.07, 6.45) is 1.23. The van der Waals surface area contributed by atoms with E-state index in [9.17, 15) is 0 Å². The highest BCUT2D eigenvalue weighted by Crippen LogP contribution is 2.23. The number of hydrogen-bond acceptors (Lipinski definition) is 4. The lowest BCUT2D eigenvalue weighted by Crippen LogP contribution is -2.42. The molecule has 0 aromatic carbocycles. The molecule has 6 heteroatoms. The number of ether oxygens (including phenoxy) is 2. The second kappa shape index (κ2) is 7.85. The van der Waals surface area contributed by atoms with E-state index >= 15 is 0 Å². The van der Waals surface area contributed by atoms with Crippen molar-refractivity contribution in [1.82, 2.24) is 15.1 Å². The molecule has 5 nitrogen and oxygen atoms in total. The molecule has 0 fully saturated rings. The molecule has 0 aliphatic carbocycles. The van der Waals surface area contributed by atoms with Crippen LogP contribution in [-0.2, 0) is 28.9 Å². The lowest BCUT2D eigenvalue weighted by molar-refractivity contribution is -0.121. The van der Waals surface area contributed by atoms with Gasteiger partial charge in [0.05, 0.1) is 22.5 Å². The maximum Gasteiger partial charge on any atom is 0.172 e. The minimum Gasteiger partial charge on any atom is -0.354 e. The summed E-state index contributed by atoms with van der Waals surface area (Å²) >= 11 is 6.41. The minimum absolute atomic E-state index is 0.0270. The van der Waals surface area contributed by atoms with Crippen LogP contribution in [0.5, 0.6) is 0 Å². The van der Waals surface area contributed by atoms with E-state index in [2.05, 4.69) is 24.3 Å². The number of nitrogens with zero attached hydrogens (tertiary/aromatic N) is 2. The van der Waals surface area contributed by atoms with E-state index in [0.717, 1.165) is 29.4 Å². The number of nitrogens with one attached hydrogen (secondary N) is 1. The summed E-state index contributed by atoms with van der Waals surface area (Å²) in [5.74, 6) is 0. The maximum absolute atomic E-state index is 6.41. The smallest absolute Gasteiger partial charge is 0.172 e. The van der Waals surface area contributed by atoms with Gasteiger partial charge in [0.1, 0.15) is 0 Å². The van der Waals surface area contributed by atoms with Crippen molar-refractivity contribution in [3.05, 3.63) is 16.4 Å². The largest absolute Gasteiger partial charge is 0.354 e. The van der Waals surface area contributed by atoms with E-state index in [0.29, 0.717) is 6.42 Å². The Morgan fingerprint density at radius 2 is 1.95 bits per heavy atom. The lowest BCUT2D eigenvalue weighted by atomic mass is 10.1. The molecule has 0 aliphatic heterocycles. The van der Waals surface area contributed by atoms with E-state index in [1.165, 1.54) is 0 Å². The topological polar surface area (TPSA) is 48.3 Å². The summed E-state index contributed by atoms with van der Waals surface area (Å²) in [4.78, 5) is 0. The van der Waals surface area contributed by atoms with Gasteiger partial charge in [-0.2, -0.15) is 5.10 Å². The molecule has 1 heterocycles. The Labute approximate surface area is 120 Å². The van der Waals surface area contributed by atoms with Crippen molar-refractivity contribution in [2.45, 2.75) is 45.6 Å². The first-order valence-corrected chi connectivity index (χ1v) is 6.97. The van der Waals surface area contributed by atoms with Gasteiger partial charge in [-0.1, -0.05) is 18.5 Å². The zero-order valence-electron chi connectivity index (χ0n) is 12.4. The van der Waals surface area contributed by atoms with Crippen LogP contribution in [0.2, 0.25) is 5.02 Å². The monoisotopic (exact) mass is 289 g/mol. The standard InChI is InChI=1S/C13H24ClN3O2/c1-6-9-12(14)11(17(7-2)16-9)8-10(15-3)13(18-4)19-5/h10,13,15H,6-8H2,1-5H3. The zero-order valence-corrected chi connectivity index (χ0v) is 13.1. The molecule has 0 saturated carbocycles. The van der Waals surface area contributed by atoms with Gasteiger partial charge in [-0.15, -0.1) is 0 Å². The third kappa shape index (κ3) is 3.69. The number of aryl methyl sites for hydroxylation is 2. The van der Waals surface area contributed by atoms with Gasteiger partial charge < -0.3 is 14.8 Å². The number of hydrogen-bond donors (Lipinski definition) is 1. The molecule has 0 spiro atoms. The summed E-state index contributed by atoms with van der Waals surface area (Å²) < 4.78 is 12.6. The number of aromatic nitrogens is 2. The average Bonchev–Trinajstić information content (AvgIpc) is 2.74. The first-order valence-electron chi connectivity index (χ1n) is 6.59. The van der Waals surface area contributed by atoms with Gasteiger partial charge in [-0.05, 0) is 20.4 Å². The van der Waals surface area contributed by atoms with Gasteiger partial charge in [0.25, 0.3) is 0 Å². The highest BCUT2D eigenvalue weighted by molar-refractivity contribution is 6.31. The molecular formula is C13H24ClN3O2. The molecule has 0 amide bonds. The molecule has 19 heavy (non-hydrogen) atoms. The fourth-order valence-corrected chi connectivity index (χ4v) is 2.53. The fourth-order valence-electron chi connectivity index (χ4n) is 2.18. The summed E-state index contributed by atoms with van der Waals surface area (Å²) in [6.45, 7) is 4.92. The Balaban J connectivity index is 2.98. The van der Waals surface area contributed by atoms with Crippen LogP contribution in [0.3, 0.4) is 0 Å². The van der Waals surface area contributed by atoms with Gasteiger partial charge in [-0.25, -0.2) is 0 Å². The molecule has 1 atom stereocenters. The maximum atomic E-state index is 6.41. The van der Waals surface area contributed by atoms with Crippen molar-refractivity contribution in [3.63, 3.8) is 0 Å². The van der Waals surface area contributed by atoms with E-state index in [1.54, 1.807) is 14.2 Å². The Hall–Kier alpha value is -0.620. The first kappa shape index (κ1) is 16.4. The van der Waals surface area contributed by atoms with Crippen molar-refractivity contribution in [2.75, 3.05) is 21.3 Å². The Morgan fingerprint density at radius 3 is 2.37 bits per heavy atom. The Bertz CT molecular complexity index is 391. The molecule has 0 saturated heterocycles. The minimum atomic E-state index is -0.314. The predicted molar refractivity (Wildman–Crippen MR) is 76.6 cm³/mol. The van der Waals surface area contributed by atoms with Gasteiger partial charge >= 0.3 is 0 Å². The molecule has 1 aromatic rings. The Morgan fingerprint density at radius 1 is 1.32 bits per heavy atom. The van der Waals surface area contributed by atoms with Gasteiger partial charge in [0.15, 0.2) is 6.29 Å². The van der Waals surface area contributed by atoms with Crippen molar-refractivity contribution in [1.29, 1.82) is 0 Å². The second-order valence-corrected chi connectivity index (χ2v) is 4.69. The molecule has 1 rings (SSSR count). The van der Waals surface area contributed by atoms with Gasteiger partial charge in [0.2, 0.25) is 0 Å². The molecule has 1 unspecified atom stereocenters. The third-order valence-corrected chi connectivity index (χ3v) is 3.71. The van der Waals surface area contributed by atoms with Crippen molar-refractivity contribution in [3.8, 4) is 0 Å². The van der Waals surface area contributed by atoms with Crippen LogP contribution in [0, 0.1) is 0 Å². The Kier molecular flexibility index (Phi) is 6.79. The number of methoxy groups -OCH3 is 2. The van der Waals surface area contributed by atoms with Crippen LogP contribution in [0.15, 0.2) is 0 Å². The van der Waals surface area contributed by atoms with Gasteiger partial charge in [0, 0.05) is 27.2 Å². The number of likely N-dealkylation sites (N-methyl/N-ethyl adjacent to an activating group) is 1. The SMILES string of the molecule is CCc1nn(CC)c(CC(NC)C(OC)OC)c1Cl. The normalized spacial score (nSPS) is 13.2. The molecule has 1 aromatic heterocycles. The number of halogens is 1. The molecule has 0 bridgehead atoms. The van der Waals surface area contributed by atoms with Crippen LogP contribution >= 0.6 is 11.6 Å².